The molecule has 0 aliphatic heterocycles. The molecular weight excluding hydrogens is 270 g/mol. The van der Waals surface area contributed by atoms with E-state index in [1.165, 1.54) is 18.6 Å². The first-order valence-electron chi connectivity index (χ1n) is 6.99. The standard InChI is InChI=1S/C15H21N3O3/c1-18(2)15(7-4-8-15)10-16-14(21)17-12-6-3-5-11(9-12)13(19)20/h3,5-6,9H,4,7-8,10H2,1-2H3,(H,19,20)(H2,16,17,21). The van der Waals surface area contributed by atoms with Crippen LogP contribution < -0.4 is 10.6 Å². The smallest absolute Gasteiger partial charge is 0.335 e. The van der Waals surface area contributed by atoms with Crippen LogP contribution in [0.2, 0.25) is 0 Å². The number of urea groups is 1. The summed E-state index contributed by atoms with van der Waals surface area (Å²) in [5.41, 5.74) is 0.678. The molecule has 1 aromatic rings. The van der Waals surface area contributed by atoms with Crippen LogP contribution in [0.4, 0.5) is 10.5 Å². The quantitative estimate of drug-likeness (QED) is 0.775. The van der Waals surface area contributed by atoms with Gasteiger partial charge in [-0.05, 0) is 51.6 Å². The molecular formula is C15H21N3O3. The van der Waals surface area contributed by atoms with Gasteiger partial charge in [0.1, 0.15) is 0 Å². The summed E-state index contributed by atoms with van der Waals surface area (Å²) in [6.07, 6.45) is 3.34. The number of anilines is 1. The number of benzene rings is 1. The first-order valence-corrected chi connectivity index (χ1v) is 6.99. The van der Waals surface area contributed by atoms with Crippen molar-refractivity contribution >= 4 is 17.7 Å². The van der Waals surface area contributed by atoms with Crippen molar-refractivity contribution in [2.45, 2.75) is 24.8 Å². The topological polar surface area (TPSA) is 81.7 Å². The van der Waals surface area contributed by atoms with Gasteiger partial charge in [0.15, 0.2) is 0 Å². The molecule has 1 aliphatic rings. The zero-order valence-electron chi connectivity index (χ0n) is 12.3. The van der Waals surface area contributed by atoms with Crippen LogP contribution in [0.1, 0.15) is 29.6 Å². The Morgan fingerprint density at radius 2 is 2.05 bits per heavy atom. The van der Waals surface area contributed by atoms with Crippen LogP contribution in [0, 0.1) is 0 Å². The van der Waals surface area contributed by atoms with Crippen LogP contribution in [0.25, 0.3) is 0 Å². The highest BCUT2D eigenvalue weighted by Gasteiger charge is 2.39. The Hall–Kier alpha value is -2.08. The number of nitrogens with zero attached hydrogens (tertiary/aromatic N) is 1. The Morgan fingerprint density at radius 3 is 2.57 bits per heavy atom. The molecule has 21 heavy (non-hydrogen) atoms. The van der Waals surface area contributed by atoms with Crippen LogP contribution in [0.3, 0.4) is 0 Å². The van der Waals surface area contributed by atoms with Gasteiger partial charge in [-0.15, -0.1) is 0 Å². The zero-order valence-corrected chi connectivity index (χ0v) is 12.3. The molecule has 0 saturated heterocycles. The molecule has 0 unspecified atom stereocenters. The number of aromatic carboxylic acids is 1. The molecule has 1 aliphatic carbocycles. The summed E-state index contributed by atoms with van der Waals surface area (Å²) in [6.45, 7) is 0.588. The summed E-state index contributed by atoms with van der Waals surface area (Å²) in [5, 5.41) is 14.4. The predicted molar refractivity (Wildman–Crippen MR) is 80.7 cm³/mol. The molecule has 1 saturated carbocycles. The predicted octanol–water partition coefficient (Wildman–Crippen LogP) is 1.99. The molecule has 1 aromatic carbocycles. The van der Waals surface area contributed by atoms with Crippen molar-refractivity contribution in [3.8, 4) is 0 Å². The maximum absolute atomic E-state index is 11.9. The molecule has 2 rings (SSSR count). The highest BCUT2D eigenvalue weighted by molar-refractivity contribution is 5.93. The van der Waals surface area contributed by atoms with E-state index in [1.807, 2.05) is 14.1 Å². The number of hydrogen-bond donors (Lipinski definition) is 3. The third kappa shape index (κ3) is 3.52. The summed E-state index contributed by atoms with van der Waals surface area (Å²) >= 11 is 0. The lowest BCUT2D eigenvalue weighted by molar-refractivity contribution is 0.0630. The Morgan fingerprint density at radius 1 is 1.33 bits per heavy atom. The second-order valence-electron chi connectivity index (χ2n) is 5.67. The Kier molecular flexibility index (Phi) is 4.47. The molecule has 114 valence electrons. The minimum Gasteiger partial charge on any atom is -0.478 e. The molecule has 0 spiro atoms. The summed E-state index contributed by atoms with van der Waals surface area (Å²) < 4.78 is 0. The monoisotopic (exact) mass is 291 g/mol. The number of carbonyl (C=O) groups is 2. The van der Waals surface area contributed by atoms with Crippen molar-refractivity contribution in [3.63, 3.8) is 0 Å². The van der Waals surface area contributed by atoms with Gasteiger partial charge in [-0.2, -0.15) is 0 Å². The molecule has 0 heterocycles. The minimum absolute atomic E-state index is 0.0558. The Labute approximate surface area is 124 Å². The van der Waals surface area contributed by atoms with E-state index in [0.717, 1.165) is 12.8 Å². The zero-order chi connectivity index (χ0) is 15.5. The van der Waals surface area contributed by atoms with Crippen LogP contribution in [0.5, 0.6) is 0 Å². The summed E-state index contributed by atoms with van der Waals surface area (Å²) in [5.74, 6) is -1.01. The van der Waals surface area contributed by atoms with Gasteiger partial charge in [0.25, 0.3) is 0 Å². The minimum atomic E-state index is -1.01. The number of nitrogens with one attached hydrogen (secondary N) is 2. The fourth-order valence-corrected chi connectivity index (χ4v) is 2.52. The summed E-state index contributed by atoms with van der Waals surface area (Å²) in [6, 6.07) is 5.88. The second-order valence-corrected chi connectivity index (χ2v) is 5.67. The molecule has 0 radical (unpaired) electrons. The molecule has 1 fully saturated rings. The van der Waals surface area contributed by atoms with Gasteiger partial charge in [0, 0.05) is 17.8 Å². The number of carboxylic acid groups (broad SMARTS) is 1. The largest absolute Gasteiger partial charge is 0.478 e. The van der Waals surface area contributed by atoms with E-state index in [-0.39, 0.29) is 17.1 Å². The molecule has 0 bridgehead atoms. The van der Waals surface area contributed by atoms with E-state index in [0.29, 0.717) is 12.2 Å². The number of amides is 2. The maximum Gasteiger partial charge on any atom is 0.335 e. The lowest BCUT2D eigenvalue weighted by Gasteiger charge is -2.47. The Bertz CT molecular complexity index is 539. The molecule has 6 nitrogen and oxygen atoms in total. The lowest BCUT2D eigenvalue weighted by Crippen LogP contribution is -2.57. The van der Waals surface area contributed by atoms with Crippen LogP contribution in [-0.4, -0.2) is 48.2 Å². The highest BCUT2D eigenvalue weighted by atomic mass is 16.4. The third-order valence-electron chi connectivity index (χ3n) is 4.18. The van der Waals surface area contributed by atoms with Gasteiger partial charge < -0.3 is 20.6 Å². The Balaban J connectivity index is 1.90. The fraction of sp³-hybridized carbons (Fsp3) is 0.467. The van der Waals surface area contributed by atoms with Crippen LogP contribution in [-0.2, 0) is 0 Å². The molecule has 0 atom stereocenters. The van der Waals surface area contributed by atoms with E-state index in [4.69, 9.17) is 5.11 Å². The van der Waals surface area contributed by atoms with Gasteiger partial charge in [-0.25, -0.2) is 9.59 Å². The SMILES string of the molecule is CN(C)C1(CNC(=O)Nc2cccc(C(=O)O)c2)CCC1. The maximum atomic E-state index is 11.9. The van der Waals surface area contributed by atoms with Crippen molar-refractivity contribution in [1.29, 1.82) is 0 Å². The second kappa shape index (κ2) is 6.13. The molecule has 6 heteroatoms. The van der Waals surface area contributed by atoms with Gasteiger partial charge in [-0.3, -0.25) is 0 Å². The van der Waals surface area contributed by atoms with E-state index < -0.39 is 5.97 Å². The van der Waals surface area contributed by atoms with Crippen molar-refractivity contribution in [2.75, 3.05) is 26.0 Å². The molecule has 3 N–H and O–H groups in total. The van der Waals surface area contributed by atoms with Crippen molar-refractivity contribution in [3.05, 3.63) is 29.8 Å². The average Bonchev–Trinajstić information content (AvgIpc) is 2.37. The van der Waals surface area contributed by atoms with E-state index in [9.17, 15) is 9.59 Å². The van der Waals surface area contributed by atoms with Gasteiger partial charge in [0.2, 0.25) is 0 Å². The van der Waals surface area contributed by atoms with Crippen molar-refractivity contribution in [2.24, 2.45) is 0 Å². The number of carbonyl (C=O) groups excluding carboxylic acids is 1. The van der Waals surface area contributed by atoms with Gasteiger partial charge in [-0.1, -0.05) is 6.07 Å². The first-order chi connectivity index (χ1) is 9.93. The highest BCUT2D eigenvalue weighted by Crippen LogP contribution is 2.35. The van der Waals surface area contributed by atoms with Gasteiger partial charge in [0.05, 0.1) is 5.56 Å². The van der Waals surface area contributed by atoms with Crippen LogP contribution in [0.15, 0.2) is 24.3 Å². The molecule has 0 aromatic heterocycles. The van der Waals surface area contributed by atoms with E-state index >= 15 is 0 Å². The first kappa shape index (κ1) is 15.3. The molecule has 2 amide bonds. The van der Waals surface area contributed by atoms with E-state index in [2.05, 4.69) is 15.5 Å². The van der Waals surface area contributed by atoms with Crippen molar-refractivity contribution < 1.29 is 14.7 Å². The lowest BCUT2D eigenvalue weighted by atomic mass is 9.75. The summed E-state index contributed by atoms with van der Waals surface area (Å²) in [4.78, 5) is 25.0. The number of rotatable bonds is 5. The number of likely N-dealkylation sites (N-methyl/N-ethyl adjacent to an activating group) is 1. The normalized spacial score (nSPS) is 16.1. The number of carboxylic acids is 1. The summed E-state index contributed by atoms with van der Waals surface area (Å²) in [7, 11) is 4.05. The third-order valence-corrected chi connectivity index (χ3v) is 4.18. The van der Waals surface area contributed by atoms with Crippen molar-refractivity contribution in [1.82, 2.24) is 10.2 Å². The van der Waals surface area contributed by atoms with Crippen LogP contribution >= 0.6 is 0 Å². The number of hydrogen-bond acceptors (Lipinski definition) is 3. The van der Waals surface area contributed by atoms with E-state index in [1.54, 1.807) is 12.1 Å². The average molecular weight is 291 g/mol. The fourth-order valence-electron chi connectivity index (χ4n) is 2.52. The van der Waals surface area contributed by atoms with Gasteiger partial charge >= 0.3 is 12.0 Å².